The van der Waals surface area contributed by atoms with Gasteiger partial charge in [-0.05, 0) is 12.1 Å². The third-order valence-corrected chi connectivity index (χ3v) is 4.72. The maximum absolute atomic E-state index is 13.2. The molecule has 132 valence electrons. The number of nitrogens with zero attached hydrogens (tertiary/aromatic N) is 1. The molecule has 1 aromatic heterocycles. The predicted octanol–water partition coefficient (Wildman–Crippen LogP) is 3.93. The number of ether oxygens (including phenoxy) is 1. The van der Waals surface area contributed by atoms with Gasteiger partial charge >= 0.3 is 5.51 Å². The molecule has 0 spiro atoms. The number of rotatable bonds is 3. The normalized spacial score (nSPS) is 12.5. The van der Waals surface area contributed by atoms with E-state index in [4.69, 9.17) is 4.74 Å². The van der Waals surface area contributed by atoms with Gasteiger partial charge in [-0.1, -0.05) is 0 Å². The molecule has 0 saturated carbocycles. The number of aromatic nitrogens is 2. The summed E-state index contributed by atoms with van der Waals surface area (Å²) in [5, 5.41) is 5.57. The minimum absolute atomic E-state index is 0.102. The molecule has 0 unspecified atom stereocenters. The quantitative estimate of drug-likeness (QED) is 0.701. The van der Waals surface area contributed by atoms with Crippen LogP contribution in [0.4, 0.5) is 22.0 Å². The molecule has 25 heavy (non-hydrogen) atoms. The number of benzene rings is 2. The van der Waals surface area contributed by atoms with Gasteiger partial charge in [0.1, 0.15) is 28.0 Å². The average molecular weight is 378 g/mol. The number of H-pyrrole nitrogens is 1. The minimum Gasteiger partial charge on any atom is -0.456 e. The van der Waals surface area contributed by atoms with Crippen molar-refractivity contribution in [3.63, 3.8) is 0 Å². The fourth-order valence-corrected chi connectivity index (χ4v) is 3.06. The van der Waals surface area contributed by atoms with Crippen LogP contribution < -0.4 is 4.74 Å². The van der Waals surface area contributed by atoms with Gasteiger partial charge in [0.2, 0.25) is 0 Å². The molecule has 0 aliphatic carbocycles. The molecule has 0 bridgehead atoms. The zero-order chi connectivity index (χ0) is 18.4. The highest BCUT2D eigenvalue weighted by Crippen LogP contribution is 2.38. The van der Waals surface area contributed by atoms with Gasteiger partial charge in [-0.15, -0.1) is 0 Å². The van der Waals surface area contributed by atoms with Gasteiger partial charge in [-0.2, -0.15) is 18.3 Å². The van der Waals surface area contributed by atoms with E-state index in [1.807, 2.05) is 0 Å². The zero-order valence-corrected chi connectivity index (χ0v) is 12.8. The summed E-state index contributed by atoms with van der Waals surface area (Å²) in [4.78, 5) is -1.04. The standard InChI is InChI=1S/C14H7F5N2O3S/c15-7-3-8(16)5-9(4-7)24-11-1-2-12(13-10(11)6-20-21-13)25(22,23)14(17,18)19/h1-6H,(H,20,21). The third-order valence-electron chi connectivity index (χ3n) is 3.20. The van der Waals surface area contributed by atoms with Crippen molar-refractivity contribution in [3.05, 3.63) is 48.2 Å². The van der Waals surface area contributed by atoms with E-state index in [1.165, 1.54) is 0 Å². The van der Waals surface area contributed by atoms with Crippen LogP contribution in [0.2, 0.25) is 0 Å². The Balaban J connectivity index is 2.12. The van der Waals surface area contributed by atoms with E-state index >= 15 is 0 Å². The number of alkyl halides is 3. The highest BCUT2D eigenvalue weighted by atomic mass is 32.2. The van der Waals surface area contributed by atoms with Crippen LogP contribution in [-0.2, 0) is 9.84 Å². The molecule has 1 heterocycles. The summed E-state index contributed by atoms with van der Waals surface area (Å²) >= 11 is 0. The molecule has 0 aliphatic heterocycles. The fourth-order valence-electron chi connectivity index (χ4n) is 2.14. The van der Waals surface area contributed by atoms with Crippen LogP contribution in [0.25, 0.3) is 10.9 Å². The topological polar surface area (TPSA) is 72.1 Å². The molecule has 1 N–H and O–H groups in total. The van der Waals surface area contributed by atoms with E-state index in [9.17, 15) is 30.4 Å². The molecule has 3 aromatic rings. The first-order chi connectivity index (χ1) is 11.6. The molecule has 0 fully saturated rings. The maximum Gasteiger partial charge on any atom is 0.501 e. The number of fused-ring (bicyclic) bond motifs is 1. The summed E-state index contributed by atoms with van der Waals surface area (Å²) in [6.45, 7) is 0. The summed E-state index contributed by atoms with van der Waals surface area (Å²) in [5.41, 5.74) is -5.94. The Kier molecular flexibility index (Phi) is 3.90. The lowest BCUT2D eigenvalue weighted by Gasteiger charge is -2.11. The molecule has 11 heteroatoms. The Morgan fingerprint density at radius 1 is 1.04 bits per heavy atom. The molecular formula is C14H7F5N2O3S. The Morgan fingerprint density at radius 2 is 1.68 bits per heavy atom. The van der Waals surface area contributed by atoms with Gasteiger partial charge in [0.25, 0.3) is 9.84 Å². The predicted molar refractivity (Wildman–Crippen MR) is 75.8 cm³/mol. The van der Waals surface area contributed by atoms with Crippen molar-refractivity contribution in [3.8, 4) is 11.5 Å². The number of aromatic amines is 1. The smallest absolute Gasteiger partial charge is 0.456 e. The highest BCUT2D eigenvalue weighted by molar-refractivity contribution is 7.92. The first-order valence-corrected chi connectivity index (χ1v) is 7.99. The summed E-state index contributed by atoms with van der Waals surface area (Å²) < 4.78 is 93.1. The second kappa shape index (κ2) is 5.69. The van der Waals surface area contributed by atoms with Crippen LogP contribution >= 0.6 is 0 Å². The lowest BCUT2D eigenvalue weighted by molar-refractivity contribution is -0.0435. The SMILES string of the molecule is O=S(=O)(c1ccc(Oc2cc(F)cc(F)c2)c2cn[nH]c12)C(F)(F)F. The van der Waals surface area contributed by atoms with Crippen LogP contribution in [0, 0.1) is 11.6 Å². The van der Waals surface area contributed by atoms with Gasteiger partial charge in [-0.25, -0.2) is 17.2 Å². The first-order valence-electron chi connectivity index (χ1n) is 6.51. The molecular weight excluding hydrogens is 371 g/mol. The van der Waals surface area contributed by atoms with Gasteiger partial charge in [0.15, 0.2) is 0 Å². The lowest BCUT2D eigenvalue weighted by atomic mass is 10.2. The van der Waals surface area contributed by atoms with Crippen LogP contribution in [0.15, 0.2) is 41.4 Å². The van der Waals surface area contributed by atoms with Crippen LogP contribution in [0.3, 0.4) is 0 Å². The van der Waals surface area contributed by atoms with E-state index in [0.717, 1.165) is 24.4 Å². The average Bonchev–Trinajstić information content (AvgIpc) is 2.94. The summed E-state index contributed by atoms with van der Waals surface area (Å²) in [5.74, 6) is -2.23. The molecule has 3 rings (SSSR count). The Hall–Kier alpha value is -2.69. The van der Waals surface area contributed by atoms with E-state index in [1.54, 1.807) is 0 Å². The minimum atomic E-state index is -5.62. The summed E-state index contributed by atoms with van der Waals surface area (Å²) in [6.07, 6.45) is 1.04. The molecule has 0 saturated heterocycles. The van der Waals surface area contributed by atoms with E-state index < -0.39 is 37.4 Å². The van der Waals surface area contributed by atoms with Crippen molar-refractivity contribution in [1.82, 2.24) is 10.2 Å². The van der Waals surface area contributed by atoms with Gasteiger partial charge < -0.3 is 4.74 Å². The molecule has 0 radical (unpaired) electrons. The summed E-state index contributed by atoms with van der Waals surface area (Å²) in [7, 11) is -5.62. The second-order valence-electron chi connectivity index (χ2n) is 4.88. The van der Waals surface area contributed by atoms with E-state index in [2.05, 4.69) is 10.2 Å². The van der Waals surface area contributed by atoms with Crippen LogP contribution in [-0.4, -0.2) is 24.1 Å². The molecule has 2 aromatic carbocycles. The second-order valence-corrected chi connectivity index (χ2v) is 6.79. The Labute approximate surface area is 136 Å². The number of hydrogen-bond acceptors (Lipinski definition) is 4. The van der Waals surface area contributed by atoms with E-state index in [-0.39, 0.29) is 16.9 Å². The van der Waals surface area contributed by atoms with Crippen molar-refractivity contribution < 1.29 is 35.1 Å². The Morgan fingerprint density at radius 3 is 2.28 bits per heavy atom. The zero-order valence-electron chi connectivity index (χ0n) is 11.9. The first kappa shape index (κ1) is 17.1. The van der Waals surface area contributed by atoms with Crippen molar-refractivity contribution in [1.29, 1.82) is 0 Å². The molecule has 0 amide bonds. The highest BCUT2D eigenvalue weighted by Gasteiger charge is 2.48. The molecule has 0 aliphatic rings. The number of nitrogens with one attached hydrogen (secondary N) is 1. The van der Waals surface area contributed by atoms with Crippen molar-refractivity contribution in [2.75, 3.05) is 0 Å². The van der Waals surface area contributed by atoms with Crippen LogP contribution in [0.5, 0.6) is 11.5 Å². The third kappa shape index (κ3) is 3.02. The van der Waals surface area contributed by atoms with E-state index in [0.29, 0.717) is 12.1 Å². The number of halogens is 5. The maximum atomic E-state index is 13.2. The Bertz CT molecular complexity index is 1040. The molecule has 5 nitrogen and oxygen atoms in total. The van der Waals surface area contributed by atoms with Gasteiger partial charge in [0.05, 0.1) is 17.1 Å². The lowest BCUT2D eigenvalue weighted by Crippen LogP contribution is -2.23. The van der Waals surface area contributed by atoms with Gasteiger partial charge in [-0.3, -0.25) is 5.10 Å². The van der Waals surface area contributed by atoms with Crippen molar-refractivity contribution >= 4 is 20.7 Å². The number of hydrogen-bond donors (Lipinski definition) is 1. The van der Waals surface area contributed by atoms with Gasteiger partial charge in [0, 0.05) is 18.2 Å². The summed E-state index contributed by atoms with van der Waals surface area (Å²) in [6, 6.07) is 3.94. The van der Waals surface area contributed by atoms with Crippen molar-refractivity contribution in [2.45, 2.75) is 10.4 Å². The largest absolute Gasteiger partial charge is 0.501 e. The van der Waals surface area contributed by atoms with Crippen LogP contribution in [0.1, 0.15) is 0 Å². The molecule has 0 atom stereocenters. The fraction of sp³-hybridized carbons (Fsp3) is 0.0714. The monoisotopic (exact) mass is 378 g/mol. The number of sulfone groups is 1. The van der Waals surface area contributed by atoms with Crippen molar-refractivity contribution in [2.24, 2.45) is 0 Å².